The summed E-state index contributed by atoms with van der Waals surface area (Å²) in [7, 11) is -3.83. The summed E-state index contributed by atoms with van der Waals surface area (Å²) in [4.78, 5) is 25.5. The number of imide groups is 1. The van der Waals surface area contributed by atoms with Crippen molar-refractivity contribution in [3.05, 3.63) is 60.2 Å². The number of carbonyl (C=O) groups is 2. The van der Waals surface area contributed by atoms with E-state index in [1.165, 1.54) is 24.3 Å². The maximum Gasteiger partial charge on any atom is 0.329 e. The van der Waals surface area contributed by atoms with Crippen molar-refractivity contribution in [3.8, 4) is 0 Å². The molecule has 0 radical (unpaired) electrons. The Kier molecular flexibility index (Phi) is 3.63. The third kappa shape index (κ3) is 2.81. The topological polar surface area (TPSA) is 110 Å². The number of primary sulfonamides is 1. The van der Waals surface area contributed by atoms with Gasteiger partial charge in [-0.2, -0.15) is 0 Å². The molecule has 0 bridgehead atoms. The van der Waals surface area contributed by atoms with Crippen LogP contribution in [0.1, 0.15) is 11.6 Å². The number of urea groups is 1. The molecule has 0 aliphatic carbocycles. The molecule has 1 fully saturated rings. The second kappa shape index (κ2) is 5.49. The Morgan fingerprint density at radius 2 is 1.57 bits per heavy atom. The van der Waals surface area contributed by atoms with Gasteiger partial charge in [0.25, 0.3) is 5.91 Å². The maximum absolute atomic E-state index is 12.5. The van der Waals surface area contributed by atoms with E-state index >= 15 is 0 Å². The van der Waals surface area contributed by atoms with Crippen molar-refractivity contribution in [1.29, 1.82) is 0 Å². The van der Waals surface area contributed by atoms with Crippen molar-refractivity contribution in [2.24, 2.45) is 5.14 Å². The van der Waals surface area contributed by atoms with Crippen LogP contribution in [-0.4, -0.2) is 20.4 Å². The highest BCUT2D eigenvalue weighted by Gasteiger charge is 2.39. The molecule has 3 amide bonds. The number of hydrogen-bond donors (Lipinski definition) is 2. The van der Waals surface area contributed by atoms with Crippen molar-refractivity contribution in [2.45, 2.75) is 10.9 Å². The van der Waals surface area contributed by atoms with Gasteiger partial charge in [-0.1, -0.05) is 30.3 Å². The lowest BCUT2D eigenvalue weighted by molar-refractivity contribution is -0.118. The molecule has 23 heavy (non-hydrogen) atoms. The van der Waals surface area contributed by atoms with Gasteiger partial charge in [0.05, 0.1) is 10.6 Å². The van der Waals surface area contributed by atoms with E-state index in [0.29, 0.717) is 5.56 Å². The van der Waals surface area contributed by atoms with Gasteiger partial charge < -0.3 is 5.32 Å². The monoisotopic (exact) mass is 331 g/mol. The molecule has 3 N–H and O–H groups in total. The average molecular weight is 331 g/mol. The molecule has 7 nitrogen and oxygen atoms in total. The summed E-state index contributed by atoms with van der Waals surface area (Å²) < 4.78 is 22.5. The molecule has 3 rings (SSSR count). The second-order valence-electron chi connectivity index (χ2n) is 5.01. The summed E-state index contributed by atoms with van der Waals surface area (Å²) >= 11 is 0. The number of nitrogens with two attached hydrogens (primary N) is 1. The van der Waals surface area contributed by atoms with Gasteiger partial charge in [-0.15, -0.1) is 0 Å². The zero-order valence-corrected chi connectivity index (χ0v) is 12.7. The molecule has 1 heterocycles. The molecule has 2 aromatic carbocycles. The van der Waals surface area contributed by atoms with Gasteiger partial charge in [0.1, 0.15) is 6.04 Å². The summed E-state index contributed by atoms with van der Waals surface area (Å²) in [5.74, 6) is -0.426. The predicted molar refractivity (Wildman–Crippen MR) is 83.0 cm³/mol. The van der Waals surface area contributed by atoms with Crippen molar-refractivity contribution in [1.82, 2.24) is 5.32 Å². The van der Waals surface area contributed by atoms with E-state index in [0.717, 1.165) is 4.90 Å². The summed E-state index contributed by atoms with van der Waals surface area (Å²) in [6.45, 7) is 0. The molecule has 1 aliphatic heterocycles. The Bertz CT molecular complexity index is 863. The zero-order valence-electron chi connectivity index (χ0n) is 11.8. The Morgan fingerprint density at radius 3 is 2.13 bits per heavy atom. The average Bonchev–Trinajstić information content (AvgIpc) is 2.82. The highest BCUT2D eigenvalue weighted by atomic mass is 32.2. The van der Waals surface area contributed by atoms with Gasteiger partial charge in [-0.3, -0.25) is 4.79 Å². The summed E-state index contributed by atoms with van der Waals surface area (Å²) in [5.41, 5.74) is 0.952. The molecular formula is C15H13N3O4S. The highest BCUT2D eigenvalue weighted by molar-refractivity contribution is 7.89. The van der Waals surface area contributed by atoms with E-state index in [9.17, 15) is 18.0 Å². The van der Waals surface area contributed by atoms with Crippen molar-refractivity contribution in [2.75, 3.05) is 4.90 Å². The molecule has 0 spiro atoms. The zero-order chi connectivity index (χ0) is 16.6. The van der Waals surface area contributed by atoms with E-state index in [2.05, 4.69) is 5.32 Å². The van der Waals surface area contributed by atoms with Crippen LogP contribution in [0.25, 0.3) is 0 Å². The molecule has 8 heteroatoms. The Morgan fingerprint density at radius 1 is 0.957 bits per heavy atom. The summed E-state index contributed by atoms with van der Waals surface area (Å²) in [6.07, 6.45) is 0. The number of nitrogens with zero attached hydrogens (tertiary/aromatic N) is 1. The van der Waals surface area contributed by atoms with E-state index in [1.807, 2.05) is 6.07 Å². The standard InChI is InChI=1S/C15H13N3O4S/c16-23(21,22)12-8-6-11(7-9-12)18-14(19)13(17-15(18)20)10-4-2-1-3-5-10/h1-9,13H,(H,17,20)(H2,16,21,22)/t13-/m1/s1. The number of hydrogen-bond acceptors (Lipinski definition) is 4. The third-order valence-electron chi connectivity index (χ3n) is 3.49. The lowest BCUT2D eigenvalue weighted by Gasteiger charge is -2.13. The van der Waals surface area contributed by atoms with E-state index < -0.39 is 28.0 Å². The van der Waals surface area contributed by atoms with Gasteiger partial charge >= 0.3 is 6.03 Å². The van der Waals surface area contributed by atoms with Crippen LogP contribution in [-0.2, 0) is 14.8 Å². The normalized spacial score (nSPS) is 18.1. The van der Waals surface area contributed by atoms with Crippen molar-refractivity contribution in [3.63, 3.8) is 0 Å². The highest BCUT2D eigenvalue weighted by Crippen LogP contribution is 2.27. The quantitative estimate of drug-likeness (QED) is 0.822. The van der Waals surface area contributed by atoms with Gasteiger partial charge in [0.15, 0.2) is 0 Å². The number of sulfonamides is 1. The SMILES string of the molecule is NS(=O)(=O)c1ccc(N2C(=O)N[C@H](c3ccccc3)C2=O)cc1. The van der Waals surface area contributed by atoms with Crippen LogP contribution in [0.3, 0.4) is 0 Å². The van der Waals surface area contributed by atoms with Crippen LogP contribution in [0, 0.1) is 0 Å². The molecule has 2 aromatic rings. The molecule has 0 unspecified atom stereocenters. The second-order valence-corrected chi connectivity index (χ2v) is 6.57. The first-order valence-corrected chi connectivity index (χ1v) is 8.25. The van der Waals surface area contributed by atoms with E-state index in [1.54, 1.807) is 24.3 Å². The number of anilines is 1. The first-order valence-electron chi connectivity index (χ1n) is 6.70. The Hall–Kier alpha value is -2.71. The summed E-state index contributed by atoms with van der Waals surface area (Å²) in [6, 6.07) is 12.8. The lowest BCUT2D eigenvalue weighted by Crippen LogP contribution is -2.30. The number of nitrogens with one attached hydrogen (secondary N) is 1. The van der Waals surface area contributed by atoms with Gasteiger partial charge in [-0.05, 0) is 29.8 Å². The fourth-order valence-corrected chi connectivity index (χ4v) is 2.90. The van der Waals surface area contributed by atoms with Crippen molar-refractivity contribution < 1.29 is 18.0 Å². The van der Waals surface area contributed by atoms with E-state index in [-0.39, 0.29) is 10.6 Å². The van der Waals surface area contributed by atoms with Crippen LogP contribution in [0.5, 0.6) is 0 Å². The summed E-state index contributed by atoms with van der Waals surface area (Å²) in [5, 5.41) is 7.63. The smallest absolute Gasteiger partial charge is 0.321 e. The molecule has 0 aromatic heterocycles. The molecule has 118 valence electrons. The molecular weight excluding hydrogens is 318 g/mol. The van der Waals surface area contributed by atoms with Crippen LogP contribution in [0.2, 0.25) is 0 Å². The minimum absolute atomic E-state index is 0.0899. The van der Waals surface area contributed by atoms with Gasteiger partial charge in [0.2, 0.25) is 10.0 Å². The fourth-order valence-electron chi connectivity index (χ4n) is 2.38. The van der Waals surface area contributed by atoms with Gasteiger partial charge in [-0.25, -0.2) is 23.3 Å². The van der Waals surface area contributed by atoms with Crippen LogP contribution >= 0.6 is 0 Å². The Balaban J connectivity index is 1.92. The number of carbonyl (C=O) groups excluding carboxylic acids is 2. The maximum atomic E-state index is 12.5. The predicted octanol–water partition coefficient (Wildman–Crippen LogP) is 1.13. The van der Waals surface area contributed by atoms with E-state index in [4.69, 9.17) is 5.14 Å². The van der Waals surface area contributed by atoms with Crippen LogP contribution in [0.15, 0.2) is 59.5 Å². The first-order chi connectivity index (χ1) is 10.9. The number of amides is 3. The molecule has 1 aliphatic rings. The third-order valence-corrected chi connectivity index (χ3v) is 4.42. The minimum Gasteiger partial charge on any atom is -0.321 e. The number of benzene rings is 2. The van der Waals surface area contributed by atoms with Crippen LogP contribution < -0.4 is 15.4 Å². The van der Waals surface area contributed by atoms with Crippen LogP contribution in [0.4, 0.5) is 10.5 Å². The fraction of sp³-hybridized carbons (Fsp3) is 0.0667. The molecule has 1 atom stereocenters. The van der Waals surface area contributed by atoms with Crippen molar-refractivity contribution >= 4 is 27.6 Å². The number of rotatable bonds is 3. The Labute approximate surface area is 132 Å². The molecule has 1 saturated heterocycles. The largest absolute Gasteiger partial charge is 0.329 e. The lowest BCUT2D eigenvalue weighted by atomic mass is 10.1. The first kappa shape index (κ1) is 15.2. The minimum atomic E-state index is -3.83. The van der Waals surface area contributed by atoms with Gasteiger partial charge in [0, 0.05) is 0 Å². The molecule has 0 saturated carbocycles.